The molecule has 6 aliphatic rings. The molecule has 6 saturated heterocycles. The van der Waals surface area contributed by atoms with Crippen LogP contribution >= 0.6 is 7.92 Å². The van der Waals surface area contributed by atoms with E-state index in [0.29, 0.717) is 42.3 Å². The van der Waals surface area contributed by atoms with Crippen LogP contribution in [0, 0.1) is 41.4 Å². The SMILES string of the molecule is CC(C)C[Si]12O[Si]3(CC(C)C)O[Si]4(CC(C)C)O[Si](CC(C)C)(O1)O[Si]1(CC(C)C)O[Si](CC(C)C)(O2)O[Si](CC(C)C)(O3)O[Si](Cn2cc[n+](CP(c3ccccc3)c3ccccc3)c2)(O4)O1. The molecule has 0 aliphatic carbocycles. The predicted molar refractivity (Wildman–Crippen MR) is 280 cm³/mol. The third-order valence-electron chi connectivity index (χ3n) is 11.9. The molecule has 0 radical (unpaired) electrons. The third-order valence-corrected chi connectivity index (χ3v) is 54.2. The Bertz CT molecular complexity index is 1970. The van der Waals surface area contributed by atoms with Gasteiger partial charge in [-0.1, -0.05) is 158 Å². The fourth-order valence-electron chi connectivity index (χ4n) is 10.3. The van der Waals surface area contributed by atoms with E-state index in [2.05, 4.69) is 185 Å². The molecule has 1 aromatic heterocycles. The number of hydrogen-bond acceptors (Lipinski definition) is 12. The van der Waals surface area contributed by atoms with E-state index in [-0.39, 0.29) is 47.6 Å². The second-order valence-corrected chi connectivity index (χ2v) is 48.8. The van der Waals surface area contributed by atoms with Crippen molar-refractivity contribution in [3.05, 3.63) is 79.4 Å². The van der Waals surface area contributed by atoms with Crippen molar-refractivity contribution in [1.29, 1.82) is 0 Å². The molecule has 0 N–H and O–H groups in total. The Hall–Kier alpha value is -0.665. The van der Waals surface area contributed by atoms with Crippen LogP contribution in [0.2, 0.25) is 42.3 Å². The Labute approximate surface area is 417 Å². The maximum atomic E-state index is 8.04. The largest absolute Gasteiger partial charge is 0.523 e. The number of aromatic nitrogens is 2. The van der Waals surface area contributed by atoms with Gasteiger partial charge in [-0.05, 0) is 60.0 Å². The number of hydrogen-bond donors (Lipinski definition) is 0. The van der Waals surface area contributed by atoms with E-state index in [1.54, 1.807) is 0 Å². The third kappa shape index (κ3) is 12.3. The number of rotatable bonds is 20. The monoisotopic (exact) mass is 1100 g/mol. The molecule has 0 atom stereocenters. The molecule has 8 bridgehead atoms. The minimum atomic E-state index is -4.23. The molecule has 0 unspecified atom stereocenters. The smallest absolute Gasteiger partial charge is 0.373 e. The fourth-order valence-corrected chi connectivity index (χ4v) is 63.7. The van der Waals surface area contributed by atoms with Crippen LogP contribution in [0.3, 0.4) is 0 Å². The van der Waals surface area contributed by atoms with Gasteiger partial charge in [-0.3, -0.25) is 0 Å². The molecule has 14 nitrogen and oxygen atoms in total. The maximum absolute atomic E-state index is 8.04. The lowest BCUT2D eigenvalue weighted by molar-refractivity contribution is -0.676. The van der Waals surface area contributed by atoms with Gasteiger partial charge in [-0.15, -0.1) is 0 Å². The van der Waals surface area contributed by atoms with E-state index < -0.39 is 78.4 Å². The molecule has 0 amide bonds. The molecule has 9 rings (SSSR count). The van der Waals surface area contributed by atoms with Crippen molar-refractivity contribution in [3.63, 3.8) is 0 Å². The van der Waals surface area contributed by atoms with Gasteiger partial charge in [0.25, 0.3) is 0 Å². The lowest BCUT2D eigenvalue weighted by atomic mass is 10.3. The van der Waals surface area contributed by atoms with Gasteiger partial charge in [0.2, 0.25) is 6.33 Å². The first-order chi connectivity index (χ1) is 31.9. The summed E-state index contributed by atoms with van der Waals surface area (Å²) in [6.45, 7) is 30.5. The first kappa shape index (κ1) is 53.6. The van der Waals surface area contributed by atoms with Crippen molar-refractivity contribution in [2.45, 2.75) is 152 Å². The standard InChI is InChI=1S/C45H80N2O12PSi8/c1-37(2)27-61-48-62(28-38(3)4)51-65(31-41(9)10)53-63(49-61,29-39(5)6)55-67(33-43(13)14)56-64(50-61,30-40(7)8)54-66(52-62,32-42(11)12)58-68(57-65,59-67)36-47-26-25-46(34-47)35-60(44-21-17-15-18-22-44)45-23-19-16-20-24-45/h15-26,34,37-43H,27-33,35-36H2,1-14H3/q+1. The van der Waals surface area contributed by atoms with Crippen molar-refractivity contribution in [2.75, 3.05) is 0 Å². The first-order valence-corrected chi connectivity index (χ1v) is 42.2. The van der Waals surface area contributed by atoms with E-state index in [4.69, 9.17) is 49.4 Å². The second-order valence-electron chi connectivity index (χ2n) is 22.7. The Morgan fingerprint density at radius 3 is 0.882 bits per heavy atom. The molecule has 378 valence electrons. The van der Waals surface area contributed by atoms with Crippen molar-refractivity contribution in [3.8, 4) is 0 Å². The van der Waals surface area contributed by atoms with E-state index in [9.17, 15) is 0 Å². The molecular weight excluding hydrogens is 1020 g/mol. The number of nitrogens with zero attached hydrogens (tertiary/aromatic N) is 2. The van der Waals surface area contributed by atoms with Crippen LogP contribution < -0.4 is 15.2 Å². The van der Waals surface area contributed by atoms with Gasteiger partial charge >= 0.3 is 70.4 Å². The van der Waals surface area contributed by atoms with E-state index in [1.165, 1.54) is 10.6 Å². The topological polar surface area (TPSA) is 120 Å². The van der Waals surface area contributed by atoms with E-state index in [0.717, 1.165) is 6.29 Å². The van der Waals surface area contributed by atoms with Crippen molar-refractivity contribution < 1.29 is 53.9 Å². The van der Waals surface area contributed by atoms with E-state index >= 15 is 0 Å². The van der Waals surface area contributed by atoms with Gasteiger partial charge in [0, 0.05) is 42.3 Å². The van der Waals surface area contributed by atoms with Crippen LogP contribution in [0.15, 0.2) is 79.4 Å². The van der Waals surface area contributed by atoms with Crippen LogP contribution in [0.1, 0.15) is 96.9 Å². The summed E-state index contributed by atoms with van der Waals surface area (Å²) in [5.41, 5.74) is 0. The highest BCUT2D eigenvalue weighted by Gasteiger charge is 2.84. The van der Waals surface area contributed by atoms with Gasteiger partial charge in [0.05, 0.1) is 0 Å². The average molecular weight is 1100 g/mol. The minimum absolute atomic E-state index is 0.0794. The van der Waals surface area contributed by atoms with Crippen molar-refractivity contribution in [1.82, 2.24) is 4.57 Å². The van der Waals surface area contributed by atoms with Crippen LogP contribution in [0.25, 0.3) is 0 Å². The second kappa shape index (κ2) is 20.6. The zero-order valence-electron chi connectivity index (χ0n) is 43.2. The first-order valence-electron chi connectivity index (χ1n) is 25.3. The molecule has 3 aromatic rings. The Morgan fingerprint density at radius 1 is 0.382 bits per heavy atom. The van der Waals surface area contributed by atoms with Crippen LogP contribution in [0.4, 0.5) is 0 Å². The summed E-state index contributed by atoms with van der Waals surface area (Å²) in [6.07, 6.45) is 7.38. The van der Waals surface area contributed by atoms with Gasteiger partial charge in [-0.2, -0.15) is 0 Å². The summed E-state index contributed by atoms with van der Waals surface area (Å²) < 4.78 is 99.9. The van der Waals surface area contributed by atoms with Crippen LogP contribution in [-0.4, -0.2) is 75.0 Å². The molecule has 6 aliphatic heterocycles. The summed E-state index contributed by atoms with van der Waals surface area (Å²) in [5.74, 6) is 0.650. The lowest BCUT2D eigenvalue weighted by Gasteiger charge is -2.63. The predicted octanol–water partition coefficient (Wildman–Crippen LogP) is 9.78. The highest BCUT2D eigenvalue weighted by Crippen LogP contribution is 2.55. The summed E-state index contributed by atoms with van der Waals surface area (Å²) in [6, 6.07) is 24.8. The van der Waals surface area contributed by atoms with Crippen molar-refractivity contribution >= 4 is 89.0 Å². The van der Waals surface area contributed by atoms with Gasteiger partial charge in [-0.25, -0.2) is 9.13 Å². The molecule has 0 spiro atoms. The normalized spacial score (nSPS) is 34.8. The average Bonchev–Trinajstić information content (AvgIpc) is 3.58. The number of benzene rings is 2. The summed E-state index contributed by atoms with van der Waals surface area (Å²) in [4.78, 5) is 0. The maximum Gasteiger partial charge on any atom is 0.523 e. The molecule has 0 saturated carbocycles. The Balaban J connectivity index is 1.38. The van der Waals surface area contributed by atoms with Gasteiger partial charge in [0.15, 0.2) is 6.17 Å². The Morgan fingerprint density at radius 2 is 0.632 bits per heavy atom. The number of imidazole rings is 1. The van der Waals surface area contributed by atoms with Crippen LogP contribution in [-0.2, 0) is 61.8 Å². The molecular formula is C45H80N2O12PSi8+. The Kier molecular flexibility index (Phi) is 16.2. The van der Waals surface area contributed by atoms with Gasteiger partial charge < -0.3 is 49.4 Å². The quantitative estimate of drug-likeness (QED) is 0.0609. The zero-order chi connectivity index (χ0) is 49.0. The summed E-state index contributed by atoms with van der Waals surface area (Å²) >= 11 is 0. The highest BCUT2D eigenvalue weighted by atomic mass is 31.1. The van der Waals surface area contributed by atoms with Crippen LogP contribution in [0.5, 0.6) is 0 Å². The molecule has 7 heterocycles. The zero-order valence-corrected chi connectivity index (χ0v) is 52.0. The van der Waals surface area contributed by atoms with Crippen molar-refractivity contribution in [2.24, 2.45) is 41.4 Å². The summed E-state index contributed by atoms with van der Waals surface area (Å²) in [5, 5.41) is 2.62. The van der Waals surface area contributed by atoms with E-state index in [1.807, 2.05) is 0 Å². The van der Waals surface area contributed by atoms with Gasteiger partial charge in [0.1, 0.15) is 18.7 Å². The summed E-state index contributed by atoms with van der Waals surface area (Å²) in [7, 11) is -33.1. The lowest BCUT2D eigenvalue weighted by Crippen LogP contribution is -2.89. The fraction of sp³-hybridized carbons (Fsp3) is 0.667. The molecule has 68 heavy (non-hydrogen) atoms. The molecule has 23 heteroatoms. The highest BCUT2D eigenvalue weighted by molar-refractivity contribution is 7.71. The molecule has 6 fully saturated rings. The molecule has 2 aromatic carbocycles. The minimum Gasteiger partial charge on any atom is -0.373 e.